The van der Waals surface area contributed by atoms with Gasteiger partial charge in [0, 0.05) is 32.0 Å². The number of anilines is 1. The lowest BCUT2D eigenvalue weighted by molar-refractivity contribution is 0.202. The van der Waals surface area contributed by atoms with Crippen LogP contribution in [-0.4, -0.2) is 58.1 Å². The van der Waals surface area contributed by atoms with E-state index in [0.717, 1.165) is 11.5 Å². The molecule has 0 aliphatic rings. The number of fused-ring (bicyclic) bond motifs is 1. The molecule has 0 fully saturated rings. The van der Waals surface area contributed by atoms with Gasteiger partial charge in [0.15, 0.2) is 0 Å². The van der Waals surface area contributed by atoms with Crippen LogP contribution in [0.5, 0.6) is 0 Å². The second kappa shape index (κ2) is 5.74. The molecular formula is C11H17N5O2. The van der Waals surface area contributed by atoms with Crippen molar-refractivity contribution in [3.05, 3.63) is 18.1 Å². The lowest BCUT2D eigenvalue weighted by Gasteiger charge is -2.23. The quantitative estimate of drug-likeness (QED) is 0.771. The summed E-state index contributed by atoms with van der Waals surface area (Å²) in [4.78, 5) is 10.4. The van der Waals surface area contributed by atoms with Crippen LogP contribution in [-0.2, 0) is 4.74 Å². The summed E-state index contributed by atoms with van der Waals surface area (Å²) in [6, 6.07) is 1.92. The molecule has 2 aromatic rings. The van der Waals surface area contributed by atoms with E-state index in [1.807, 2.05) is 17.9 Å². The first-order chi connectivity index (χ1) is 8.76. The van der Waals surface area contributed by atoms with Crippen molar-refractivity contribution in [2.45, 2.75) is 6.92 Å². The molecule has 0 aromatic carbocycles. The predicted octanol–water partition coefficient (Wildman–Crippen LogP) is -0.122. The number of methoxy groups -OCH3 is 1. The van der Waals surface area contributed by atoms with Crippen molar-refractivity contribution in [1.29, 1.82) is 0 Å². The molecule has 0 saturated heterocycles. The van der Waals surface area contributed by atoms with E-state index in [4.69, 9.17) is 9.84 Å². The third-order valence-corrected chi connectivity index (χ3v) is 2.62. The molecule has 2 aromatic heterocycles. The van der Waals surface area contributed by atoms with E-state index in [1.165, 1.54) is 6.33 Å². The number of rotatable bonds is 6. The number of aromatic nitrogens is 4. The monoisotopic (exact) mass is 251 g/mol. The van der Waals surface area contributed by atoms with Gasteiger partial charge in [0.25, 0.3) is 5.78 Å². The number of aliphatic hydroxyl groups is 1. The fourth-order valence-corrected chi connectivity index (χ4v) is 1.80. The van der Waals surface area contributed by atoms with Crippen molar-refractivity contribution >= 4 is 11.6 Å². The lowest BCUT2D eigenvalue weighted by atomic mass is 10.4. The second-order valence-corrected chi connectivity index (χ2v) is 3.93. The number of aryl methyl sites for hydroxylation is 1. The maximum Gasteiger partial charge on any atom is 0.254 e. The zero-order valence-electron chi connectivity index (χ0n) is 10.6. The Morgan fingerprint density at radius 1 is 1.44 bits per heavy atom. The molecule has 0 spiro atoms. The normalized spacial score (nSPS) is 11.1. The number of ether oxygens (including phenoxy) is 1. The minimum absolute atomic E-state index is 0.0707. The van der Waals surface area contributed by atoms with Gasteiger partial charge in [-0.2, -0.15) is 14.6 Å². The first kappa shape index (κ1) is 12.7. The number of hydrogen-bond acceptors (Lipinski definition) is 6. The van der Waals surface area contributed by atoms with Gasteiger partial charge in [-0.15, -0.1) is 0 Å². The molecule has 0 amide bonds. The Balaban J connectivity index is 2.38. The Hall–Kier alpha value is -1.73. The molecule has 0 aliphatic carbocycles. The minimum Gasteiger partial charge on any atom is -0.395 e. The Morgan fingerprint density at radius 3 is 3.00 bits per heavy atom. The van der Waals surface area contributed by atoms with E-state index in [9.17, 15) is 0 Å². The summed E-state index contributed by atoms with van der Waals surface area (Å²) in [7, 11) is 1.65. The zero-order chi connectivity index (χ0) is 13.0. The van der Waals surface area contributed by atoms with Crippen molar-refractivity contribution < 1.29 is 9.84 Å². The maximum atomic E-state index is 9.15. The SMILES string of the molecule is COCCN(CCO)c1cc(C)nc2ncnn12. The lowest BCUT2D eigenvalue weighted by Crippen LogP contribution is -2.32. The Morgan fingerprint density at radius 2 is 2.28 bits per heavy atom. The average Bonchev–Trinajstić information content (AvgIpc) is 2.81. The molecule has 2 rings (SSSR count). The third kappa shape index (κ3) is 2.57. The van der Waals surface area contributed by atoms with Crippen LogP contribution < -0.4 is 4.90 Å². The van der Waals surface area contributed by atoms with E-state index < -0.39 is 0 Å². The van der Waals surface area contributed by atoms with Crippen molar-refractivity contribution in [1.82, 2.24) is 19.6 Å². The zero-order valence-corrected chi connectivity index (χ0v) is 10.6. The van der Waals surface area contributed by atoms with Crippen LogP contribution in [0.4, 0.5) is 5.82 Å². The van der Waals surface area contributed by atoms with Crippen molar-refractivity contribution in [2.75, 3.05) is 38.3 Å². The van der Waals surface area contributed by atoms with Gasteiger partial charge in [-0.3, -0.25) is 0 Å². The molecule has 98 valence electrons. The topological polar surface area (TPSA) is 75.8 Å². The third-order valence-electron chi connectivity index (χ3n) is 2.62. The van der Waals surface area contributed by atoms with Gasteiger partial charge in [0.05, 0.1) is 13.2 Å². The van der Waals surface area contributed by atoms with Gasteiger partial charge in [-0.25, -0.2) is 4.98 Å². The summed E-state index contributed by atoms with van der Waals surface area (Å²) in [5, 5.41) is 13.3. The van der Waals surface area contributed by atoms with E-state index in [1.54, 1.807) is 11.6 Å². The van der Waals surface area contributed by atoms with E-state index in [0.29, 0.717) is 25.5 Å². The molecule has 0 bridgehead atoms. The van der Waals surface area contributed by atoms with E-state index in [-0.39, 0.29) is 6.61 Å². The summed E-state index contributed by atoms with van der Waals surface area (Å²) < 4.78 is 6.74. The molecule has 0 saturated carbocycles. The summed E-state index contributed by atoms with van der Waals surface area (Å²) >= 11 is 0. The van der Waals surface area contributed by atoms with Crippen LogP contribution in [0.25, 0.3) is 5.78 Å². The van der Waals surface area contributed by atoms with E-state index >= 15 is 0 Å². The fraction of sp³-hybridized carbons (Fsp3) is 0.545. The summed E-state index contributed by atoms with van der Waals surface area (Å²) in [5.74, 6) is 1.42. The fourth-order valence-electron chi connectivity index (χ4n) is 1.80. The van der Waals surface area contributed by atoms with Crippen LogP contribution in [0.15, 0.2) is 12.4 Å². The molecule has 7 nitrogen and oxygen atoms in total. The highest BCUT2D eigenvalue weighted by Gasteiger charge is 2.12. The standard InChI is InChI=1S/C11H17N5O2/c1-9-7-10(15(3-5-17)4-6-18-2)16-11(14-9)12-8-13-16/h7-8,17H,3-6H2,1-2H3. The van der Waals surface area contributed by atoms with Crippen LogP contribution in [0, 0.1) is 6.92 Å². The van der Waals surface area contributed by atoms with Gasteiger partial charge in [-0.05, 0) is 6.92 Å². The molecule has 0 radical (unpaired) electrons. The molecule has 0 unspecified atom stereocenters. The highest BCUT2D eigenvalue weighted by atomic mass is 16.5. The molecule has 0 aliphatic heterocycles. The second-order valence-electron chi connectivity index (χ2n) is 3.93. The van der Waals surface area contributed by atoms with Gasteiger partial charge < -0.3 is 14.7 Å². The van der Waals surface area contributed by atoms with Gasteiger partial charge >= 0.3 is 0 Å². The van der Waals surface area contributed by atoms with Gasteiger partial charge in [0.2, 0.25) is 0 Å². The summed E-state index contributed by atoms with van der Waals surface area (Å²) in [6.45, 7) is 3.75. The molecule has 7 heteroatoms. The number of nitrogens with zero attached hydrogens (tertiary/aromatic N) is 5. The van der Waals surface area contributed by atoms with Crippen molar-refractivity contribution in [2.24, 2.45) is 0 Å². The number of aliphatic hydroxyl groups excluding tert-OH is 1. The molecule has 0 atom stereocenters. The molecular weight excluding hydrogens is 234 g/mol. The Labute approximate surface area is 105 Å². The minimum atomic E-state index is 0.0707. The first-order valence-electron chi connectivity index (χ1n) is 5.78. The Kier molecular flexibility index (Phi) is 4.06. The largest absolute Gasteiger partial charge is 0.395 e. The number of hydrogen-bond donors (Lipinski definition) is 1. The van der Waals surface area contributed by atoms with Crippen LogP contribution >= 0.6 is 0 Å². The highest BCUT2D eigenvalue weighted by molar-refractivity contribution is 5.47. The predicted molar refractivity (Wildman–Crippen MR) is 66.7 cm³/mol. The smallest absolute Gasteiger partial charge is 0.254 e. The summed E-state index contributed by atoms with van der Waals surface area (Å²) in [5.41, 5.74) is 0.867. The average molecular weight is 251 g/mol. The van der Waals surface area contributed by atoms with Crippen LogP contribution in [0.3, 0.4) is 0 Å². The van der Waals surface area contributed by atoms with Gasteiger partial charge in [0.1, 0.15) is 12.1 Å². The summed E-state index contributed by atoms with van der Waals surface area (Å²) in [6.07, 6.45) is 1.47. The van der Waals surface area contributed by atoms with Gasteiger partial charge in [-0.1, -0.05) is 0 Å². The molecule has 18 heavy (non-hydrogen) atoms. The molecule has 2 heterocycles. The van der Waals surface area contributed by atoms with Crippen molar-refractivity contribution in [3.8, 4) is 0 Å². The van der Waals surface area contributed by atoms with E-state index in [2.05, 4.69) is 15.1 Å². The highest BCUT2D eigenvalue weighted by Crippen LogP contribution is 2.15. The van der Waals surface area contributed by atoms with Crippen LogP contribution in [0.2, 0.25) is 0 Å². The van der Waals surface area contributed by atoms with Crippen LogP contribution in [0.1, 0.15) is 5.69 Å². The first-order valence-corrected chi connectivity index (χ1v) is 5.78. The maximum absolute atomic E-state index is 9.15. The molecule has 1 N–H and O–H groups in total. The Bertz CT molecular complexity index is 513. The van der Waals surface area contributed by atoms with Crippen molar-refractivity contribution in [3.63, 3.8) is 0 Å².